The Labute approximate surface area is 229 Å². The van der Waals surface area contributed by atoms with Gasteiger partial charge in [-0.3, -0.25) is 13.6 Å². The normalized spacial score (nSPS) is 19.0. The van der Waals surface area contributed by atoms with Crippen LogP contribution in [-0.4, -0.2) is 120 Å². The summed E-state index contributed by atoms with van der Waals surface area (Å²) in [5.74, 6) is 0.115. The van der Waals surface area contributed by atoms with Gasteiger partial charge in [0.1, 0.15) is 11.9 Å². The Balaban J connectivity index is 1.18. The maximum absolute atomic E-state index is 13.6. The number of imidazole rings is 1. The van der Waals surface area contributed by atoms with E-state index in [4.69, 9.17) is 38.5 Å². The molecule has 2 aromatic rings. The van der Waals surface area contributed by atoms with E-state index in [-0.39, 0.29) is 5.95 Å². The fourth-order valence-corrected chi connectivity index (χ4v) is 5.18. The first kappa shape index (κ1) is 28.4. The molecule has 40 heavy (non-hydrogen) atoms. The lowest BCUT2D eigenvalue weighted by molar-refractivity contribution is -0.0286. The molecule has 5 rings (SSSR count). The van der Waals surface area contributed by atoms with Crippen LogP contribution in [0.1, 0.15) is 12.8 Å². The van der Waals surface area contributed by atoms with Crippen molar-refractivity contribution in [3.8, 4) is 0 Å². The van der Waals surface area contributed by atoms with Gasteiger partial charge in [0, 0.05) is 26.2 Å². The number of carbonyl (C=O) groups excluding carboxylic acids is 2. The molecule has 0 unspecified atom stereocenters. The average Bonchev–Trinajstić information content (AvgIpc) is 3.64. The zero-order valence-electron chi connectivity index (χ0n) is 21.8. The average molecular weight is 586 g/mol. The minimum absolute atomic E-state index is 0.115. The van der Waals surface area contributed by atoms with Gasteiger partial charge < -0.3 is 43.8 Å². The van der Waals surface area contributed by atoms with Gasteiger partial charge in [-0.2, -0.15) is 4.98 Å². The van der Waals surface area contributed by atoms with Gasteiger partial charge in [0.25, 0.3) is 0 Å². The lowest BCUT2D eigenvalue weighted by atomic mass is 10.3. The Morgan fingerprint density at radius 2 is 1.52 bits per heavy atom. The quantitative estimate of drug-likeness (QED) is 0.290. The monoisotopic (exact) mass is 585 g/mol. The minimum atomic E-state index is -4.05. The molecule has 2 aliphatic heterocycles. The molecule has 1 saturated carbocycles. The molecule has 0 spiro atoms. The highest BCUT2D eigenvalue weighted by molar-refractivity contribution is 7.53. The van der Waals surface area contributed by atoms with Gasteiger partial charge in [-0.25, -0.2) is 19.6 Å². The van der Waals surface area contributed by atoms with Crippen LogP contribution in [-0.2, 0) is 43.8 Å². The van der Waals surface area contributed by atoms with E-state index < -0.39 is 45.3 Å². The molecule has 0 radical (unpaired) electrons. The highest BCUT2D eigenvalue weighted by Crippen LogP contribution is 2.52. The number of hydrogen-bond donors (Lipinski definition) is 1. The van der Waals surface area contributed by atoms with Gasteiger partial charge in [-0.1, -0.05) is 0 Å². The van der Waals surface area contributed by atoms with Crippen molar-refractivity contribution in [2.24, 2.45) is 0 Å². The van der Waals surface area contributed by atoms with Crippen LogP contribution in [0, 0.1) is 0 Å². The Bertz CT molecular complexity index is 1190. The number of ether oxygens (including phenoxy) is 5. The van der Waals surface area contributed by atoms with Crippen molar-refractivity contribution in [2.75, 3.05) is 78.3 Å². The van der Waals surface area contributed by atoms with Crippen molar-refractivity contribution in [2.45, 2.75) is 25.0 Å². The number of hydrogen-bond acceptors (Lipinski definition) is 14. The molecule has 2 N–H and O–H groups in total. The molecular formula is C22H32N7O10P. The summed E-state index contributed by atoms with van der Waals surface area (Å²) in [7, 11) is -4.05. The number of morpholine rings is 2. The van der Waals surface area contributed by atoms with E-state index >= 15 is 0 Å². The summed E-state index contributed by atoms with van der Waals surface area (Å²) >= 11 is 0. The molecule has 0 atom stereocenters. The first-order chi connectivity index (χ1) is 19.3. The summed E-state index contributed by atoms with van der Waals surface area (Å²) in [6.07, 6.45) is 2.73. The van der Waals surface area contributed by atoms with E-state index in [9.17, 15) is 14.2 Å². The van der Waals surface area contributed by atoms with Gasteiger partial charge in [-0.05, 0) is 12.8 Å². The van der Waals surface area contributed by atoms with Crippen molar-refractivity contribution in [3.05, 3.63) is 12.5 Å². The van der Waals surface area contributed by atoms with Crippen molar-refractivity contribution in [3.63, 3.8) is 0 Å². The number of amides is 2. The molecule has 0 aromatic carbocycles. The number of nitrogen functional groups attached to an aromatic ring is 1. The van der Waals surface area contributed by atoms with Gasteiger partial charge in [0.2, 0.25) is 19.5 Å². The summed E-state index contributed by atoms with van der Waals surface area (Å²) in [5.41, 5.74) is 6.17. The Morgan fingerprint density at radius 1 is 0.950 bits per heavy atom. The summed E-state index contributed by atoms with van der Waals surface area (Å²) < 4.78 is 52.9. The Kier molecular flexibility index (Phi) is 8.97. The number of nitrogens with zero attached hydrogens (tertiary/aromatic N) is 6. The highest BCUT2D eigenvalue weighted by atomic mass is 31.2. The van der Waals surface area contributed by atoms with Crippen molar-refractivity contribution in [1.29, 1.82) is 0 Å². The Hall–Kier alpha value is -3.08. The third kappa shape index (κ3) is 7.35. The Morgan fingerprint density at radius 3 is 2.08 bits per heavy atom. The molecule has 0 bridgehead atoms. The number of aromatic nitrogens is 4. The van der Waals surface area contributed by atoms with Crippen LogP contribution in [0.3, 0.4) is 0 Å². The number of carbonyl (C=O) groups is 2. The number of anilines is 1. The van der Waals surface area contributed by atoms with E-state index in [1.807, 2.05) is 0 Å². The SMILES string of the molecule is Nc1ncc2ncn(CC3(OCP(=O)(OCOC(=O)N4CCOCC4)OCOC(=O)N4CCOCC4)CC3)c2n1. The fraction of sp³-hybridized carbons (Fsp3) is 0.682. The largest absolute Gasteiger partial charge is 0.422 e. The smallest absolute Gasteiger partial charge is 0.412 e. The predicted octanol–water partition coefficient (Wildman–Crippen LogP) is 0.994. The van der Waals surface area contributed by atoms with Crippen LogP contribution < -0.4 is 5.73 Å². The molecule has 18 heteroatoms. The third-order valence-corrected chi connectivity index (χ3v) is 8.02. The van der Waals surface area contributed by atoms with Gasteiger partial charge in [0.15, 0.2) is 5.65 Å². The summed E-state index contributed by atoms with van der Waals surface area (Å²) in [6, 6.07) is 0. The molecule has 3 aliphatic rings. The van der Waals surface area contributed by atoms with Crippen molar-refractivity contribution < 1.29 is 46.9 Å². The van der Waals surface area contributed by atoms with E-state index in [2.05, 4.69) is 15.0 Å². The topological polar surface area (TPSA) is 192 Å². The number of nitrogens with two attached hydrogens (primary N) is 1. The zero-order valence-corrected chi connectivity index (χ0v) is 22.7. The molecule has 2 aromatic heterocycles. The molecule has 220 valence electrons. The highest BCUT2D eigenvalue weighted by Gasteiger charge is 2.47. The number of rotatable bonds is 11. The molecule has 17 nitrogen and oxygen atoms in total. The maximum atomic E-state index is 13.6. The molecule has 1 aliphatic carbocycles. The summed E-state index contributed by atoms with van der Waals surface area (Å²) in [4.78, 5) is 39.9. The van der Waals surface area contributed by atoms with Crippen LogP contribution in [0.15, 0.2) is 12.5 Å². The minimum Gasteiger partial charge on any atom is -0.422 e. The lowest BCUT2D eigenvalue weighted by Crippen LogP contribution is -2.41. The van der Waals surface area contributed by atoms with Gasteiger partial charge in [0.05, 0.1) is 51.1 Å². The predicted molar refractivity (Wildman–Crippen MR) is 135 cm³/mol. The van der Waals surface area contributed by atoms with E-state index in [0.717, 1.165) is 0 Å². The van der Waals surface area contributed by atoms with E-state index in [1.54, 1.807) is 10.9 Å². The molecule has 2 amide bonds. The fourth-order valence-electron chi connectivity index (χ4n) is 4.10. The van der Waals surface area contributed by atoms with Crippen LogP contribution in [0.25, 0.3) is 11.2 Å². The first-order valence-corrected chi connectivity index (χ1v) is 14.5. The van der Waals surface area contributed by atoms with Crippen LogP contribution in [0.5, 0.6) is 0 Å². The molecule has 3 fully saturated rings. The second-order valence-corrected chi connectivity index (χ2v) is 11.4. The summed E-state index contributed by atoms with van der Waals surface area (Å²) in [5, 5.41) is 0. The van der Waals surface area contributed by atoms with E-state index in [1.165, 1.54) is 16.0 Å². The van der Waals surface area contributed by atoms with E-state index in [0.29, 0.717) is 83.2 Å². The standard InChI is InChI=1S/C22H32N7O10P/c23-19-24-11-17-18(26-19)29(13-25-17)12-22(1-2-22)37-16-40(32,38-14-35-20(30)27-3-7-33-8-4-27)39-15-36-21(31)28-5-9-34-10-6-28/h11,13H,1-10,12,14-16H2,(H2,23,24,26). The zero-order chi connectivity index (χ0) is 28.0. The van der Waals surface area contributed by atoms with Crippen molar-refractivity contribution in [1.82, 2.24) is 29.3 Å². The van der Waals surface area contributed by atoms with Gasteiger partial charge >= 0.3 is 19.8 Å². The maximum Gasteiger partial charge on any atom is 0.412 e. The lowest BCUT2D eigenvalue weighted by Gasteiger charge is -2.27. The third-order valence-electron chi connectivity index (χ3n) is 6.57. The van der Waals surface area contributed by atoms with Crippen LogP contribution in [0.4, 0.5) is 15.5 Å². The number of fused-ring (bicyclic) bond motifs is 1. The second kappa shape index (κ2) is 12.6. The van der Waals surface area contributed by atoms with Crippen LogP contribution >= 0.6 is 7.60 Å². The summed E-state index contributed by atoms with van der Waals surface area (Å²) in [6.45, 7) is 2.13. The molecule has 4 heterocycles. The van der Waals surface area contributed by atoms with Crippen LogP contribution in [0.2, 0.25) is 0 Å². The molecule has 2 saturated heterocycles. The van der Waals surface area contributed by atoms with Crippen molar-refractivity contribution >= 4 is 36.9 Å². The van der Waals surface area contributed by atoms with Gasteiger partial charge in [-0.15, -0.1) is 0 Å². The molecular weight excluding hydrogens is 553 g/mol. The second-order valence-electron chi connectivity index (χ2n) is 9.39. The first-order valence-electron chi connectivity index (χ1n) is 12.8.